The zero-order chi connectivity index (χ0) is 12.3. The van der Waals surface area contributed by atoms with Gasteiger partial charge in [-0.05, 0) is 17.7 Å². The van der Waals surface area contributed by atoms with Gasteiger partial charge in [0.15, 0.2) is 4.34 Å². The molecule has 2 rings (SSSR count). The van der Waals surface area contributed by atoms with Crippen LogP contribution in [0, 0.1) is 0 Å². The van der Waals surface area contributed by atoms with Crippen molar-refractivity contribution in [2.75, 3.05) is 19.0 Å². The van der Waals surface area contributed by atoms with Crippen molar-refractivity contribution >= 4 is 44.2 Å². The van der Waals surface area contributed by atoms with E-state index in [4.69, 9.17) is 0 Å². The van der Waals surface area contributed by atoms with Gasteiger partial charge >= 0.3 is 0 Å². The number of rotatable bonds is 4. The summed E-state index contributed by atoms with van der Waals surface area (Å²) in [5.74, 6) is 0.918. The summed E-state index contributed by atoms with van der Waals surface area (Å²) in [4.78, 5) is 1.97. The smallest absolute Gasteiger partial charge is 0.208 e. The Kier molecular flexibility index (Phi) is 4.42. The minimum Gasteiger partial charge on any atom is -0.353 e. The molecule has 17 heavy (non-hydrogen) atoms. The van der Waals surface area contributed by atoms with E-state index in [-0.39, 0.29) is 0 Å². The molecule has 0 radical (unpaired) electrons. The molecule has 0 bridgehead atoms. The van der Waals surface area contributed by atoms with Crippen molar-refractivity contribution in [3.63, 3.8) is 0 Å². The average molecular weight is 330 g/mol. The fourth-order valence-electron chi connectivity index (χ4n) is 1.21. The molecule has 0 aliphatic heterocycles. The van der Waals surface area contributed by atoms with Crippen molar-refractivity contribution in [3.8, 4) is 0 Å². The van der Waals surface area contributed by atoms with Crippen LogP contribution in [0.1, 0.15) is 5.56 Å². The zero-order valence-corrected chi connectivity index (χ0v) is 12.8. The maximum Gasteiger partial charge on any atom is 0.208 e. The number of nitrogens with zero attached hydrogens (tertiary/aromatic N) is 3. The van der Waals surface area contributed by atoms with E-state index in [1.165, 1.54) is 5.56 Å². The van der Waals surface area contributed by atoms with E-state index in [1.54, 1.807) is 23.1 Å². The Morgan fingerprint density at radius 2 is 2.18 bits per heavy atom. The lowest BCUT2D eigenvalue weighted by molar-refractivity contribution is 0.972. The normalized spacial score (nSPS) is 10.5. The van der Waals surface area contributed by atoms with E-state index in [2.05, 4.69) is 38.3 Å². The zero-order valence-electron chi connectivity index (χ0n) is 9.55. The lowest BCUT2D eigenvalue weighted by Crippen LogP contribution is -2.07. The summed E-state index contributed by atoms with van der Waals surface area (Å²) >= 11 is 6.81. The first kappa shape index (κ1) is 12.9. The second-order valence-corrected chi connectivity index (χ2v) is 6.76. The summed E-state index contributed by atoms with van der Waals surface area (Å²) in [5, 5.41) is 9.21. The highest BCUT2D eigenvalue weighted by molar-refractivity contribution is 9.10. The topological polar surface area (TPSA) is 29.0 Å². The molecule has 1 heterocycles. The first-order valence-electron chi connectivity index (χ1n) is 5.03. The predicted octanol–water partition coefficient (Wildman–Crippen LogP) is 3.66. The Morgan fingerprint density at radius 3 is 2.82 bits per heavy atom. The number of benzene rings is 1. The van der Waals surface area contributed by atoms with E-state index in [0.29, 0.717) is 0 Å². The molecule has 0 amide bonds. The summed E-state index contributed by atoms with van der Waals surface area (Å²) in [6.45, 7) is 0. The van der Waals surface area contributed by atoms with Crippen LogP contribution < -0.4 is 4.90 Å². The van der Waals surface area contributed by atoms with Crippen LogP contribution in [0.5, 0.6) is 0 Å². The lowest BCUT2D eigenvalue weighted by Gasteiger charge is -2.03. The molecule has 0 atom stereocenters. The highest BCUT2D eigenvalue weighted by Crippen LogP contribution is 2.29. The van der Waals surface area contributed by atoms with Crippen molar-refractivity contribution < 1.29 is 0 Å². The Labute approximate surface area is 117 Å². The van der Waals surface area contributed by atoms with Gasteiger partial charge in [-0.15, -0.1) is 10.2 Å². The van der Waals surface area contributed by atoms with Crippen molar-refractivity contribution in [2.45, 2.75) is 10.1 Å². The van der Waals surface area contributed by atoms with Gasteiger partial charge in [-0.3, -0.25) is 0 Å². The van der Waals surface area contributed by atoms with Crippen LogP contribution in [0.3, 0.4) is 0 Å². The maximum absolute atomic E-state index is 4.15. The Balaban J connectivity index is 1.97. The predicted molar refractivity (Wildman–Crippen MR) is 77.9 cm³/mol. The van der Waals surface area contributed by atoms with Gasteiger partial charge in [0.25, 0.3) is 0 Å². The molecule has 3 nitrogen and oxygen atoms in total. The molecular weight excluding hydrogens is 318 g/mol. The monoisotopic (exact) mass is 329 g/mol. The second-order valence-electron chi connectivity index (χ2n) is 3.66. The third-order valence-corrected chi connectivity index (χ3v) is 4.82. The molecule has 6 heteroatoms. The molecule has 0 aliphatic carbocycles. The second kappa shape index (κ2) is 5.84. The minimum atomic E-state index is 0.918. The van der Waals surface area contributed by atoms with Crippen molar-refractivity contribution in [3.05, 3.63) is 34.3 Å². The maximum atomic E-state index is 4.15. The van der Waals surface area contributed by atoms with Gasteiger partial charge in [0.2, 0.25) is 5.13 Å². The van der Waals surface area contributed by atoms with Crippen molar-refractivity contribution in [1.82, 2.24) is 10.2 Å². The standard InChI is InChI=1S/C11H12BrN3S2/c1-15(2)10-13-14-11(17-10)16-7-8-4-3-5-9(12)6-8/h3-6H,7H2,1-2H3. The molecule has 0 unspecified atom stereocenters. The Morgan fingerprint density at radius 1 is 1.35 bits per heavy atom. The molecule has 0 N–H and O–H groups in total. The van der Waals surface area contributed by atoms with E-state index < -0.39 is 0 Å². The quantitative estimate of drug-likeness (QED) is 0.800. The van der Waals surface area contributed by atoms with Crippen LogP contribution in [0.2, 0.25) is 0 Å². The first-order chi connectivity index (χ1) is 8.15. The van der Waals surface area contributed by atoms with Gasteiger partial charge in [0, 0.05) is 24.3 Å². The summed E-state index contributed by atoms with van der Waals surface area (Å²) < 4.78 is 2.12. The number of halogens is 1. The van der Waals surface area contributed by atoms with Gasteiger partial charge < -0.3 is 4.90 Å². The molecule has 1 aromatic carbocycles. The summed E-state index contributed by atoms with van der Waals surface area (Å²) in [5.41, 5.74) is 1.28. The SMILES string of the molecule is CN(C)c1nnc(SCc2cccc(Br)c2)s1. The molecule has 0 spiro atoms. The summed E-state index contributed by atoms with van der Waals surface area (Å²) in [7, 11) is 3.95. The van der Waals surface area contributed by atoms with Gasteiger partial charge in [0.05, 0.1) is 0 Å². The molecule has 0 fully saturated rings. The number of anilines is 1. The number of hydrogen-bond acceptors (Lipinski definition) is 5. The first-order valence-corrected chi connectivity index (χ1v) is 7.63. The third-order valence-electron chi connectivity index (χ3n) is 2.03. The molecule has 90 valence electrons. The lowest BCUT2D eigenvalue weighted by atomic mass is 10.2. The van der Waals surface area contributed by atoms with E-state index in [1.807, 2.05) is 31.1 Å². The van der Waals surface area contributed by atoms with Gasteiger partial charge in [-0.2, -0.15) is 0 Å². The molecule has 0 saturated carbocycles. The van der Waals surface area contributed by atoms with Gasteiger partial charge in [-0.1, -0.05) is 51.2 Å². The van der Waals surface area contributed by atoms with E-state index >= 15 is 0 Å². The number of hydrogen-bond donors (Lipinski definition) is 0. The average Bonchev–Trinajstić information content (AvgIpc) is 2.75. The van der Waals surface area contributed by atoms with Crippen molar-refractivity contribution in [1.29, 1.82) is 0 Å². The molecular formula is C11H12BrN3S2. The summed E-state index contributed by atoms with van der Waals surface area (Å²) in [6, 6.07) is 8.32. The molecule has 0 saturated heterocycles. The van der Waals surface area contributed by atoms with Crippen LogP contribution in [-0.2, 0) is 5.75 Å². The van der Waals surface area contributed by atoms with Gasteiger partial charge in [-0.25, -0.2) is 0 Å². The minimum absolute atomic E-state index is 0.918. The fourth-order valence-corrected chi connectivity index (χ4v) is 3.37. The summed E-state index contributed by atoms with van der Waals surface area (Å²) in [6.07, 6.45) is 0. The highest BCUT2D eigenvalue weighted by Gasteiger charge is 2.06. The number of thioether (sulfide) groups is 1. The Bertz CT molecular complexity index is 499. The van der Waals surface area contributed by atoms with Gasteiger partial charge in [0.1, 0.15) is 0 Å². The number of aromatic nitrogens is 2. The molecule has 0 aliphatic rings. The molecule has 1 aromatic heterocycles. The third kappa shape index (κ3) is 3.69. The van der Waals surface area contributed by atoms with Crippen LogP contribution >= 0.6 is 39.0 Å². The fraction of sp³-hybridized carbons (Fsp3) is 0.273. The highest BCUT2D eigenvalue weighted by atomic mass is 79.9. The largest absolute Gasteiger partial charge is 0.353 e. The molecule has 2 aromatic rings. The van der Waals surface area contributed by atoms with Crippen LogP contribution in [0.4, 0.5) is 5.13 Å². The van der Waals surface area contributed by atoms with E-state index in [0.717, 1.165) is 19.7 Å². The Hall–Kier alpha value is -0.590. The van der Waals surface area contributed by atoms with Crippen LogP contribution in [-0.4, -0.2) is 24.3 Å². The van der Waals surface area contributed by atoms with Crippen LogP contribution in [0.25, 0.3) is 0 Å². The van der Waals surface area contributed by atoms with E-state index in [9.17, 15) is 0 Å². The van der Waals surface area contributed by atoms with Crippen LogP contribution in [0.15, 0.2) is 33.1 Å². The van der Waals surface area contributed by atoms with Crippen molar-refractivity contribution in [2.24, 2.45) is 0 Å².